The summed E-state index contributed by atoms with van der Waals surface area (Å²) in [6.45, 7) is 0. The second-order valence-corrected chi connectivity index (χ2v) is 6.37. The predicted molar refractivity (Wildman–Crippen MR) is 101 cm³/mol. The average Bonchev–Trinajstić information content (AvgIpc) is 2.47. The number of rotatable bonds is 3. The minimum atomic E-state index is -1.11. The summed E-state index contributed by atoms with van der Waals surface area (Å²) in [5.74, 6) is -1.45. The fourth-order valence-electron chi connectivity index (χ4n) is 1.74. The van der Waals surface area contributed by atoms with Gasteiger partial charge in [0.15, 0.2) is 5.11 Å². The smallest absolute Gasteiger partial charge is 0.337 e. The van der Waals surface area contributed by atoms with Gasteiger partial charge in [-0.1, -0.05) is 23.7 Å². The Bertz CT molecular complexity index is 798. The fourth-order valence-corrected chi connectivity index (χ4v) is 2.85. The van der Waals surface area contributed by atoms with Crippen LogP contribution in [0.1, 0.15) is 20.7 Å². The maximum atomic E-state index is 12.1. The molecule has 0 heterocycles. The lowest BCUT2D eigenvalue weighted by molar-refractivity contribution is 0.0697. The molecule has 2 aromatic rings. The molecule has 0 saturated heterocycles. The summed E-state index contributed by atoms with van der Waals surface area (Å²) >= 11 is 13.0. The molecular weight excluding hydrogens is 451 g/mol. The maximum absolute atomic E-state index is 12.1. The summed E-state index contributed by atoms with van der Waals surface area (Å²) in [4.78, 5) is 23.0. The molecule has 8 heteroatoms. The van der Waals surface area contributed by atoms with E-state index in [1.165, 1.54) is 18.2 Å². The minimum Gasteiger partial charge on any atom is -0.478 e. The van der Waals surface area contributed by atoms with Crippen LogP contribution in [0.4, 0.5) is 5.69 Å². The first-order valence-corrected chi connectivity index (χ1v) is 8.14. The molecule has 0 unspecified atom stereocenters. The maximum Gasteiger partial charge on any atom is 0.337 e. The quantitative estimate of drug-likeness (QED) is 0.480. The number of anilines is 1. The number of carboxylic acids is 1. The molecule has 0 aliphatic carbocycles. The molecular formula is C15H10ClIN2O3S. The lowest BCUT2D eigenvalue weighted by Gasteiger charge is -2.11. The van der Waals surface area contributed by atoms with Crippen molar-refractivity contribution < 1.29 is 14.7 Å². The van der Waals surface area contributed by atoms with Crippen LogP contribution in [0.15, 0.2) is 42.5 Å². The van der Waals surface area contributed by atoms with Crippen molar-refractivity contribution in [2.45, 2.75) is 0 Å². The SMILES string of the molecule is O=C(O)c1ccc(NC(=S)NC(=O)c2ccccc2I)cc1Cl. The van der Waals surface area contributed by atoms with Gasteiger partial charge >= 0.3 is 5.97 Å². The van der Waals surface area contributed by atoms with Crippen LogP contribution in [0.25, 0.3) is 0 Å². The van der Waals surface area contributed by atoms with Crippen molar-refractivity contribution in [3.63, 3.8) is 0 Å². The van der Waals surface area contributed by atoms with Gasteiger partial charge in [-0.05, 0) is 65.1 Å². The Morgan fingerprint density at radius 2 is 1.83 bits per heavy atom. The molecule has 23 heavy (non-hydrogen) atoms. The molecule has 0 atom stereocenters. The van der Waals surface area contributed by atoms with Gasteiger partial charge < -0.3 is 10.4 Å². The molecule has 0 aliphatic rings. The first-order valence-electron chi connectivity index (χ1n) is 6.28. The number of aromatic carboxylic acids is 1. The van der Waals surface area contributed by atoms with Crippen LogP contribution in [0, 0.1) is 3.57 Å². The number of carbonyl (C=O) groups excluding carboxylic acids is 1. The average molecular weight is 461 g/mol. The number of hydrogen-bond donors (Lipinski definition) is 3. The number of amides is 1. The normalized spacial score (nSPS) is 10.0. The van der Waals surface area contributed by atoms with E-state index in [1.807, 2.05) is 12.1 Å². The molecule has 0 aliphatic heterocycles. The molecule has 118 valence electrons. The van der Waals surface area contributed by atoms with Crippen molar-refractivity contribution in [2.75, 3.05) is 5.32 Å². The fraction of sp³-hybridized carbons (Fsp3) is 0. The molecule has 2 aromatic carbocycles. The molecule has 3 N–H and O–H groups in total. The summed E-state index contributed by atoms with van der Waals surface area (Å²) in [5.41, 5.74) is 0.982. The van der Waals surface area contributed by atoms with Crippen LogP contribution < -0.4 is 10.6 Å². The van der Waals surface area contributed by atoms with Crippen molar-refractivity contribution in [1.82, 2.24) is 5.32 Å². The third kappa shape index (κ3) is 4.63. The van der Waals surface area contributed by atoms with Crippen molar-refractivity contribution in [2.24, 2.45) is 0 Å². The van der Waals surface area contributed by atoms with Gasteiger partial charge in [0.05, 0.1) is 16.1 Å². The van der Waals surface area contributed by atoms with E-state index in [4.69, 9.17) is 28.9 Å². The molecule has 0 bridgehead atoms. The van der Waals surface area contributed by atoms with E-state index in [0.29, 0.717) is 11.3 Å². The Morgan fingerprint density at radius 3 is 2.43 bits per heavy atom. The Hall–Kier alpha value is -1.71. The zero-order valence-electron chi connectivity index (χ0n) is 11.5. The Labute approximate surface area is 156 Å². The zero-order valence-corrected chi connectivity index (χ0v) is 15.2. The summed E-state index contributed by atoms with van der Waals surface area (Å²) < 4.78 is 0.805. The Kier molecular flexibility index (Phi) is 5.91. The van der Waals surface area contributed by atoms with E-state index in [2.05, 4.69) is 33.2 Å². The van der Waals surface area contributed by atoms with Gasteiger partial charge in [-0.2, -0.15) is 0 Å². The van der Waals surface area contributed by atoms with E-state index in [0.717, 1.165) is 3.57 Å². The molecule has 2 rings (SSSR count). The molecule has 5 nitrogen and oxygen atoms in total. The first kappa shape index (κ1) is 17.6. The van der Waals surface area contributed by atoms with Crippen LogP contribution in [0.3, 0.4) is 0 Å². The second kappa shape index (κ2) is 7.71. The largest absolute Gasteiger partial charge is 0.478 e. The van der Waals surface area contributed by atoms with E-state index in [1.54, 1.807) is 12.1 Å². The van der Waals surface area contributed by atoms with Gasteiger partial charge in [0, 0.05) is 9.26 Å². The van der Waals surface area contributed by atoms with E-state index < -0.39 is 5.97 Å². The summed E-state index contributed by atoms with van der Waals surface area (Å²) in [7, 11) is 0. The zero-order chi connectivity index (χ0) is 17.0. The number of nitrogens with one attached hydrogen (secondary N) is 2. The summed E-state index contributed by atoms with van der Waals surface area (Å²) in [6, 6.07) is 11.4. The number of thiocarbonyl (C=S) groups is 1. The highest BCUT2D eigenvalue weighted by molar-refractivity contribution is 14.1. The monoisotopic (exact) mass is 460 g/mol. The Morgan fingerprint density at radius 1 is 1.13 bits per heavy atom. The second-order valence-electron chi connectivity index (χ2n) is 4.39. The van der Waals surface area contributed by atoms with Gasteiger partial charge in [0.2, 0.25) is 0 Å². The summed E-state index contributed by atoms with van der Waals surface area (Å²) in [6.07, 6.45) is 0. The summed E-state index contributed by atoms with van der Waals surface area (Å²) in [5, 5.41) is 14.4. The third-order valence-electron chi connectivity index (χ3n) is 2.80. The van der Waals surface area contributed by atoms with Gasteiger partial charge in [0.25, 0.3) is 5.91 Å². The van der Waals surface area contributed by atoms with Gasteiger partial charge in [-0.3, -0.25) is 10.1 Å². The topological polar surface area (TPSA) is 78.4 Å². The number of carboxylic acid groups (broad SMARTS) is 1. The van der Waals surface area contributed by atoms with Gasteiger partial charge in [0.1, 0.15) is 0 Å². The van der Waals surface area contributed by atoms with Crippen molar-refractivity contribution in [3.05, 3.63) is 62.2 Å². The standard InChI is InChI=1S/C15H10ClIN2O3S/c16-11-7-8(5-6-9(11)14(21)22)18-15(23)19-13(20)10-3-1-2-4-12(10)17/h1-7H,(H,21,22)(H2,18,19,20,23). The number of carbonyl (C=O) groups is 2. The van der Waals surface area contributed by atoms with Crippen LogP contribution in [0.2, 0.25) is 5.02 Å². The van der Waals surface area contributed by atoms with Crippen LogP contribution in [0.5, 0.6) is 0 Å². The highest BCUT2D eigenvalue weighted by Gasteiger charge is 2.12. The molecule has 0 fully saturated rings. The molecule has 0 saturated carbocycles. The number of benzene rings is 2. The van der Waals surface area contributed by atoms with Crippen LogP contribution in [-0.2, 0) is 0 Å². The number of halogens is 2. The molecule has 0 radical (unpaired) electrons. The Balaban J connectivity index is 2.05. The molecule has 0 aromatic heterocycles. The highest BCUT2D eigenvalue weighted by Crippen LogP contribution is 2.21. The van der Waals surface area contributed by atoms with Crippen LogP contribution in [-0.4, -0.2) is 22.1 Å². The van der Waals surface area contributed by atoms with E-state index in [9.17, 15) is 9.59 Å². The number of hydrogen-bond acceptors (Lipinski definition) is 3. The third-order valence-corrected chi connectivity index (χ3v) is 4.26. The van der Waals surface area contributed by atoms with E-state index in [-0.39, 0.29) is 21.6 Å². The van der Waals surface area contributed by atoms with Crippen molar-refractivity contribution >= 4 is 69.1 Å². The van der Waals surface area contributed by atoms with Crippen LogP contribution >= 0.6 is 46.4 Å². The van der Waals surface area contributed by atoms with E-state index >= 15 is 0 Å². The van der Waals surface area contributed by atoms with Gasteiger partial charge in [-0.25, -0.2) is 4.79 Å². The lowest BCUT2D eigenvalue weighted by atomic mass is 10.2. The molecule has 1 amide bonds. The van der Waals surface area contributed by atoms with Crippen molar-refractivity contribution in [1.29, 1.82) is 0 Å². The minimum absolute atomic E-state index is 0.00832. The molecule has 0 spiro atoms. The van der Waals surface area contributed by atoms with Crippen molar-refractivity contribution in [3.8, 4) is 0 Å². The lowest BCUT2D eigenvalue weighted by Crippen LogP contribution is -2.34. The predicted octanol–water partition coefficient (Wildman–Crippen LogP) is 3.77. The highest BCUT2D eigenvalue weighted by atomic mass is 127. The first-order chi connectivity index (χ1) is 10.9. The van der Waals surface area contributed by atoms with Gasteiger partial charge in [-0.15, -0.1) is 0 Å².